The van der Waals surface area contributed by atoms with Gasteiger partial charge in [0, 0.05) is 11.6 Å². The van der Waals surface area contributed by atoms with Crippen LogP contribution in [0.4, 0.5) is 0 Å². The molecule has 0 radical (unpaired) electrons. The van der Waals surface area contributed by atoms with Crippen LogP contribution < -0.4 is 4.74 Å². The van der Waals surface area contributed by atoms with Crippen molar-refractivity contribution in [2.75, 3.05) is 7.11 Å². The lowest BCUT2D eigenvalue weighted by atomic mass is 9.57. The third-order valence-electron chi connectivity index (χ3n) is 6.59. The number of benzene rings is 1. The van der Waals surface area contributed by atoms with Gasteiger partial charge in [-0.25, -0.2) is 0 Å². The highest BCUT2D eigenvalue weighted by Gasteiger charge is 2.43. The summed E-state index contributed by atoms with van der Waals surface area (Å²) in [7, 11) is 1.68. The van der Waals surface area contributed by atoms with Crippen molar-refractivity contribution in [2.24, 2.45) is 23.7 Å². The first kappa shape index (κ1) is 15.9. The lowest BCUT2D eigenvalue weighted by Crippen LogP contribution is -2.40. The third kappa shape index (κ3) is 2.59. The molecular formula is C21H27NO2. The highest BCUT2D eigenvalue weighted by atomic mass is 16.5. The second kappa shape index (κ2) is 6.36. The van der Waals surface area contributed by atoms with Gasteiger partial charge in [0.2, 0.25) is 0 Å². The molecular weight excluding hydrogens is 298 g/mol. The molecule has 0 spiro atoms. The second-order valence-electron chi connectivity index (χ2n) is 7.63. The first-order valence-corrected chi connectivity index (χ1v) is 9.32. The summed E-state index contributed by atoms with van der Waals surface area (Å²) in [5, 5.41) is 12.2. The lowest BCUT2D eigenvalue weighted by molar-refractivity contribution is -0.0336. The van der Waals surface area contributed by atoms with E-state index in [1.165, 1.54) is 32.1 Å². The maximum Gasteiger partial charge on any atom is 0.119 e. The Balaban J connectivity index is 1.68. The van der Waals surface area contributed by atoms with Crippen LogP contribution >= 0.6 is 0 Å². The standard InChI is InChI=1S/C21H27NO2/c1-3-13-10-15-5-4-14(13)11-18(15)21(23)17-8-9-22-20-7-6-16(24-2)12-19(17)20/h6-9,12-15,18,21,23H,3-5,10-11H2,1-2H3/t13-,14?,15?,18-,21-/m0/s1. The van der Waals surface area contributed by atoms with Crippen LogP contribution in [0.25, 0.3) is 10.9 Å². The van der Waals surface area contributed by atoms with Crippen molar-refractivity contribution in [3.8, 4) is 5.75 Å². The van der Waals surface area contributed by atoms with E-state index in [9.17, 15) is 5.11 Å². The van der Waals surface area contributed by atoms with Crippen LogP contribution in [0.3, 0.4) is 0 Å². The van der Waals surface area contributed by atoms with Gasteiger partial charge in [-0.2, -0.15) is 0 Å². The highest BCUT2D eigenvalue weighted by molar-refractivity contribution is 5.83. The Kier molecular flexibility index (Phi) is 4.21. The van der Waals surface area contributed by atoms with Crippen molar-refractivity contribution in [3.63, 3.8) is 0 Å². The van der Waals surface area contributed by atoms with Crippen LogP contribution in [0.1, 0.15) is 50.7 Å². The number of aliphatic hydroxyl groups is 1. The quantitative estimate of drug-likeness (QED) is 0.883. The summed E-state index contributed by atoms with van der Waals surface area (Å²) < 4.78 is 5.37. The monoisotopic (exact) mass is 325 g/mol. The Bertz CT molecular complexity index is 729. The van der Waals surface area contributed by atoms with Gasteiger partial charge in [0.1, 0.15) is 5.75 Å². The average Bonchev–Trinajstić information content (AvgIpc) is 2.66. The van der Waals surface area contributed by atoms with Crippen LogP contribution in [0, 0.1) is 23.7 Å². The number of ether oxygens (including phenoxy) is 1. The lowest BCUT2D eigenvalue weighted by Gasteiger charge is -2.49. The number of hydrogen-bond acceptors (Lipinski definition) is 3. The van der Waals surface area contributed by atoms with Gasteiger partial charge in [0.05, 0.1) is 18.7 Å². The summed E-state index contributed by atoms with van der Waals surface area (Å²) in [5.74, 6) is 3.57. The number of rotatable bonds is 4. The summed E-state index contributed by atoms with van der Waals surface area (Å²) >= 11 is 0. The molecule has 3 fully saturated rings. The fourth-order valence-corrected chi connectivity index (χ4v) is 5.25. The molecule has 1 aromatic carbocycles. The van der Waals surface area contributed by atoms with Gasteiger partial charge in [0.25, 0.3) is 0 Å². The summed E-state index contributed by atoms with van der Waals surface area (Å²) in [4.78, 5) is 4.45. The number of aromatic nitrogens is 1. The third-order valence-corrected chi connectivity index (χ3v) is 6.59. The fraction of sp³-hybridized carbons (Fsp3) is 0.571. The molecule has 3 saturated carbocycles. The normalized spacial score (nSPS) is 30.5. The van der Waals surface area contributed by atoms with E-state index >= 15 is 0 Å². The van der Waals surface area contributed by atoms with E-state index in [-0.39, 0.29) is 0 Å². The number of aliphatic hydroxyl groups excluding tert-OH is 1. The van der Waals surface area contributed by atoms with Gasteiger partial charge >= 0.3 is 0 Å². The van der Waals surface area contributed by atoms with Gasteiger partial charge in [-0.3, -0.25) is 4.98 Å². The Labute approximate surface area is 144 Å². The van der Waals surface area contributed by atoms with Crippen LogP contribution in [-0.2, 0) is 0 Å². The molecule has 1 heterocycles. The summed E-state index contributed by atoms with van der Waals surface area (Å²) in [6.45, 7) is 2.32. The van der Waals surface area contributed by atoms with E-state index < -0.39 is 6.10 Å². The predicted molar refractivity (Wildman–Crippen MR) is 96.0 cm³/mol. The molecule has 2 unspecified atom stereocenters. The summed E-state index contributed by atoms with van der Waals surface area (Å²) in [6, 6.07) is 7.91. The zero-order valence-corrected chi connectivity index (χ0v) is 14.6. The molecule has 128 valence electrons. The van der Waals surface area contributed by atoms with Crippen molar-refractivity contribution < 1.29 is 9.84 Å². The zero-order valence-electron chi connectivity index (χ0n) is 14.6. The minimum absolute atomic E-state index is 0.392. The zero-order chi connectivity index (χ0) is 16.7. The van der Waals surface area contributed by atoms with Crippen molar-refractivity contribution in [1.82, 2.24) is 4.98 Å². The molecule has 3 heteroatoms. The molecule has 1 aromatic heterocycles. The predicted octanol–water partition coefficient (Wildman–Crippen LogP) is 4.74. The minimum Gasteiger partial charge on any atom is -0.497 e. The summed E-state index contributed by atoms with van der Waals surface area (Å²) in [5.41, 5.74) is 1.95. The molecule has 24 heavy (non-hydrogen) atoms. The number of fused-ring (bicyclic) bond motifs is 4. The Morgan fingerprint density at radius 2 is 2.04 bits per heavy atom. The molecule has 0 saturated heterocycles. The Hall–Kier alpha value is -1.61. The van der Waals surface area contributed by atoms with E-state index in [1.54, 1.807) is 7.11 Å². The highest BCUT2D eigenvalue weighted by Crippen LogP contribution is 2.53. The largest absolute Gasteiger partial charge is 0.497 e. The number of methoxy groups -OCH3 is 1. The molecule has 0 aliphatic heterocycles. The van der Waals surface area contributed by atoms with E-state index in [0.717, 1.165) is 34.1 Å². The fourth-order valence-electron chi connectivity index (χ4n) is 5.25. The molecule has 2 bridgehead atoms. The van der Waals surface area contributed by atoms with E-state index in [0.29, 0.717) is 11.8 Å². The van der Waals surface area contributed by atoms with E-state index in [2.05, 4.69) is 11.9 Å². The average molecular weight is 325 g/mol. The SMILES string of the molecule is CC[C@H]1CC2CCC1C[C@@H]2[C@@H](O)c1ccnc2ccc(OC)cc12. The van der Waals surface area contributed by atoms with Gasteiger partial charge in [-0.1, -0.05) is 13.3 Å². The van der Waals surface area contributed by atoms with Crippen LogP contribution in [0.2, 0.25) is 0 Å². The molecule has 5 atom stereocenters. The van der Waals surface area contributed by atoms with Crippen LogP contribution in [0.15, 0.2) is 30.5 Å². The van der Waals surface area contributed by atoms with Gasteiger partial charge in [-0.05, 0) is 79.2 Å². The van der Waals surface area contributed by atoms with Gasteiger partial charge in [0.15, 0.2) is 0 Å². The Morgan fingerprint density at radius 1 is 1.21 bits per heavy atom. The maximum absolute atomic E-state index is 11.2. The Morgan fingerprint density at radius 3 is 2.75 bits per heavy atom. The van der Waals surface area contributed by atoms with E-state index in [4.69, 9.17) is 4.74 Å². The molecule has 3 aliphatic rings. The first-order chi connectivity index (χ1) is 11.7. The van der Waals surface area contributed by atoms with Gasteiger partial charge < -0.3 is 9.84 Å². The van der Waals surface area contributed by atoms with Gasteiger partial charge in [-0.15, -0.1) is 0 Å². The summed E-state index contributed by atoms with van der Waals surface area (Å²) in [6.07, 6.45) is 7.84. The van der Waals surface area contributed by atoms with Crippen LogP contribution in [0.5, 0.6) is 5.75 Å². The second-order valence-corrected chi connectivity index (χ2v) is 7.63. The molecule has 3 aliphatic carbocycles. The minimum atomic E-state index is -0.395. The number of nitrogens with zero attached hydrogens (tertiary/aromatic N) is 1. The van der Waals surface area contributed by atoms with Crippen molar-refractivity contribution >= 4 is 10.9 Å². The molecule has 0 amide bonds. The smallest absolute Gasteiger partial charge is 0.119 e. The van der Waals surface area contributed by atoms with Crippen molar-refractivity contribution in [3.05, 3.63) is 36.0 Å². The van der Waals surface area contributed by atoms with E-state index in [1.807, 2.05) is 30.5 Å². The maximum atomic E-state index is 11.2. The topological polar surface area (TPSA) is 42.4 Å². The molecule has 2 aromatic rings. The number of pyridine rings is 1. The van der Waals surface area contributed by atoms with Crippen LogP contribution in [-0.4, -0.2) is 17.2 Å². The first-order valence-electron chi connectivity index (χ1n) is 9.32. The van der Waals surface area contributed by atoms with Crippen molar-refractivity contribution in [1.29, 1.82) is 0 Å². The molecule has 3 nitrogen and oxygen atoms in total. The molecule has 5 rings (SSSR count). The molecule has 1 N–H and O–H groups in total. The van der Waals surface area contributed by atoms with Crippen molar-refractivity contribution in [2.45, 2.75) is 45.1 Å². The number of hydrogen-bond donors (Lipinski definition) is 1.